The summed E-state index contributed by atoms with van der Waals surface area (Å²) in [5.74, 6) is -2.27. The number of halogens is 5. The fraction of sp³-hybridized carbons (Fsp3) is 0.556. The maximum Gasteiger partial charge on any atom is 0.432 e. The lowest BCUT2D eigenvalue weighted by atomic mass is 9.87. The van der Waals surface area contributed by atoms with E-state index in [0.29, 0.717) is 0 Å². The highest BCUT2D eigenvalue weighted by Crippen LogP contribution is 2.29. The molecule has 1 unspecified atom stereocenters. The van der Waals surface area contributed by atoms with E-state index in [2.05, 4.69) is 25.9 Å². The third kappa shape index (κ3) is 8.55. The summed E-state index contributed by atoms with van der Waals surface area (Å²) < 4.78 is 69.3. The Morgan fingerprint density at radius 1 is 1.17 bits per heavy atom. The minimum Gasteiger partial charge on any atom is -0.350 e. The van der Waals surface area contributed by atoms with E-state index in [4.69, 9.17) is 0 Å². The van der Waals surface area contributed by atoms with Crippen LogP contribution in [0.15, 0.2) is 40.0 Å². The second kappa shape index (κ2) is 13.8. The molecule has 0 spiro atoms. The molecular formula is C27H32F5N7O3. The normalized spacial score (nSPS) is 18.4. The Labute approximate surface area is 238 Å². The molecule has 4 rings (SSSR count). The maximum absolute atomic E-state index is 14.6. The molecule has 228 valence electrons. The number of rotatable bonds is 11. The van der Waals surface area contributed by atoms with Gasteiger partial charge >= 0.3 is 6.18 Å². The molecule has 0 bridgehead atoms. The fourth-order valence-electron chi connectivity index (χ4n) is 4.94. The number of allylic oxidation sites excluding steroid dienone is 2. The van der Waals surface area contributed by atoms with Crippen molar-refractivity contribution >= 4 is 23.7 Å². The van der Waals surface area contributed by atoms with E-state index in [1.54, 1.807) is 0 Å². The molecule has 2 aromatic heterocycles. The molecule has 1 fully saturated rings. The molecule has 0 saturated heterocycles. The van der Waals surface area contributed by atoms with Gasteiger partial charge in [-0.2, -0.15) is 17.6 Å². The Bertz CT molecular complexity index is 1380. The van der Waals surface area contributed by atoms with Crippen LogP contribution >= 0.6 is 0 Å². The number of pyridine rings is 1. The van der Waals surface area contributed by atoms with E-state index in [1.807, 2.05) is 0 Å². The van der Waals surface area contributed by atoms with Crippen molar-refractivity contribution in [2.75, 3.05) is 11.9 Å². The minimum atomic E-state index is -4.53. The Hall–Kier alpha value is -3.91. The fourth-order valence-corrected chi connectivity index (χ4v) is 4.94. The Morgan fingerprint density at radius 3 is 2.62 bits per heavy atom. The average molecular weight is 598 g/mol. The molecule has 3 heterocycles. The molecule has 2 aromatic rings. The highest BCUT2D eigenvalue weighted by molar-refractivity contribution is 5.92. The number of hydrogen-bond acceptors (Lipinski definition) is 6. The van der Waals surface area contributed by atoms with Gasteiger partial charge in [0.05, 0.1) is 18.4 Å². The van der Waals surface area contributed by atoms with Crippen LogP contribution in [0.4, 0.5) is 27.6 Å². The number of aryl methyl sites for hydroxylation is 1. The van der Waals surface area contributed by atoms with Crippen LogP contribution in [0.3, 0.4) is 0 Å². The topological polar surface area (TPSA) is 123 Å². The zero-order valence-corrected chi connectivity index (χ0v) is 22.7. The first-order chi connectivity index (χ1) is 20.0. The summed E-state index contributed by atoms with van der Waals surface area (Å²) in [6.45, 7) is -0.396. The van der Waals surface area contributed by atoms with Crippen molar-refractivity contribution in [3.63, 3.8) is 0 Å². The number of carbonyl (C=O) groups excluding carboxylic acids is 2. The lowest BCUT2D eigenvalue weighted by molar-refractivity contribution is -0.117. The van der Waals surface area contributed by atoms with E-state index >= 15 is 0 Å². The van der Waals surface area contributed by atoms with Crippen LogP contribution in [-0.2, 0) is 17.9 Å². The number of hydrogen-bond donors (Lipinski definition) is 2. The Kier molecular flexibility index (Phi) is 10.2. The lowest BCUT2D eigenvalue weighted by Gasteiger charge is -2.20. The average Bonchev–Trinajstić information content (AvgIpc) is 3.42. The van der Waals surface area contributed by atoms with Crippen molar-refractivity contribution in [2.45, 2.75) is 76.8 Å². The monoisotopic (exact) mass is 597 g/mol. The zero-order chi connectivity index (χ0) is 30.3. The third-order valence-corrected chi connectivity index (χ3v) is 7.27. The van der Waals surface area contributed by atoms with E-state index in [9.17, 15) is 36.3 Å². The van der Waals surface area contributed by atoms with Gasteiger partial charge in [-0.3, -0.25) is 19.4 Å². The summed E-state index contributed by atoms with van der Waals surface area (Å²) in [6, 6.07) is 1.27. The highest BCUT2D eigenvalue weighted by atomic mass is 19.4. The maximum atomic E-state index is 14.6. The first-order valence-electron chi connectivity index (χ1n) is 13.8. The van der Waals surface area contributed by atoms with Crippen molar-refractivity contribution in [1.29, 1.82) is 0 Å². The van der Waals surface area contributed by atoms with Crippen molar-refractivity contribution in [3.8, 4) is 0 Å². The summed E-state index contributed by atoms with van der Waals surface area (Å²) in [6.07, 6.45) is 3.93. The minimum absolute atomic E-state index is 0.0247. The molecule has 2 aliphatic rings. The first kappa shape index (κ1) is 31.0. The molecule has 2 amide bonds. The quantitative estimate of drug-likeness (QED) is 0.376. The second-order valence-electron chi connectivity index (χ2n) is 10.6. The predicted molar refractivity (Wildman–Crippen MR) is 143 cm³/mol. The van der Waals surface area contributed by atoms with E-state index in [0.717, 1.165) is 53.6 Å². The van der Waals surface area contributed by atoms with Gasteiger partial charge in [0.1, 0.15) is 11.9 Å². The standard InChI is InChI=1S/C27H32F5N7O3/c28-19(8-10-38-11-9-20(24(29)26(38)42)35-23(40)12-17-4-2-1-3-5-17)15-39-16-21(36-37-39)25(41)34-14-18-6-7-22(33-13-18)27(30,31)32/h7,9,11,13,16-19H,1-6,8,10,12,14-15H2,(H,34,41)(H,35,40)/t18-,19?/m0/s1. The van der Waals surface area contributed by atoms with Gasteiger partial charge in [-0.05, 0) is 37.7 Å². The summed E-state index contributed by atoms with van der Waals surface area (Å²) in [5, 5.41) is 12.4. The summed E-state index contributed by atoms with van der Waals surface area (Å²) in [5.41, 5.74) is -2.28. The molecule has 2 N–H and O–H groups in total. The van der Waals surface area contributed by atoms with E-state index in [-0.39, 0.29) is 62.1 Å². The number of alkyl halides is 4. The molecule has 2 atom stereocenters. The Balaban J connectivity index is 1.21. The molecule has 10 nitrogen and oxygen atoms in total. The smallest absolute Gasteiger partial charge is 0.350 e. The summed E-state index contributed by atoms with van der Waals surface area (Å²) in [7, 11) is 0. The van der Waals surface area contributed by atoms with Gasteiger partial charge in [-0.25, -0.2) is 9.07 Å². The van der Waals surface area contributed by atoms with Crippen molar-refractivity contribution in [3.05, 3.63) is 52.1 Å². The highest BCUT2D eigenvalue weighted by Gasteiger charge is 2.34. The molecule has 1 aliphatic heterocycles. The van der Waals surface area contributed by atoms with Crippen LogP contribution in [0.25, 0.3) is 0 Å². The SMILES string of the molecule is O=C(CC1CCCCC1)Nc1ccn(CCC(F)Cn2cc(C(=O)NC[C@@H]3C=NC(C(F)(F)F)=CC3)nn2)c(=O)c1F. The van der Waals surface area contributed by atoms with Crippen LogP contribution in [0.2, 0.25) is 0 Å². The second-order valence-corrected chi connectivity index (χ2v) is 10.6. The van der Waals surface area contributed by atoms with Gasteiger partial charge in [0.15, 0.2) is 5.69 Å². The van der Waals surface area contributed by atoms with Gasteiger partial charge < -0.3 is 15.2 Å². The zero-order valence-electron chi connectivity index (χ0n) is 22.7. The largest absolute Gasteiger partial charge is 0.432 e. The summed E-state index contributed by atoms with van der Waals surface area (Å²) in [4.78, 5) is 40.4. The van der Waals surface area contributed by atoms with Crippen molar-refractivity contribution in [1.82, 2.24) is 24.9 Å². The van der Waals surface area contributed by atoms with Gasteiger partial charge in [-0.15, -0.1) is 5.10 Å². The van der Waals surface area contributed by atoms with Crippen molar-refractivity contribution in [2.24, 2.45) is 16.8 Å². The van der Waals surface area contributed by atoms with Crippen molar-refractivity contribution < 1.29 is 31.5 Å². The third-order valence-electron chi connectivity index (χ3n) is 7.27. The number of amides is 2. The predicted octanol–water partition coefficient (Wildman–Crippen LogP) is 4.18. The Morgan fingerprint density at radius 2 is 1.93 bits per heavy atom. The van der Waals surface area contributed by atoms with Crippen LogP contribution in [0.5, 0.6) is 0 Å². The molecule has 1 saturated carbocycles. The number of nitrogens with one attached hydrogen (secondary N) is 2. The molecule has 1 aliphatic carbocycles. The number of carbonyl (C=O) groups is 2. The number of nitrogens with zero attached hydrogens (tertiary/aromatic N) is 5. The van der Waals surface area contributed by atoms with E-state index < -0.39 is 41.2 Å². The van der Waals surface area contributed by atoms with Gasteiger partial charge in [0.2, 0.25) is 11.7 Å². The first-order valence-corrected chi connectivity index (χ1v) is 13.8. The number of aromatic nitrogens is 4. The van der Waals surface area contributed by atoms with Gasteiger partial charge in [0.25, 0.3) is 11.5 Å². The lowest BCUT2D eigenvalue weighted by Crippen LogP contribution is -2.31. The summed E-state index contributed by atoms with van der Waals surface area (Å²) >= 11 is 0. The number of anilines is 1. The van der Waals surface area contributed by atoms with Gasteiger partial charge in [0, 0.05) is 37.8 Å². The molecule has 0 radical (unpaired) electrons. The van der Waals surface area contributed by atoms with Crippen LogP contribution in [0.1, 0.15) is 61.9 Å². The van der Waals surface area contributed by atoms with Crippen LogP contribution in [0, 0.1) is 17.7 Å². The molecular weight excluding hydrogens is 565 g/mol. The molecule has 42 heavy (non-hydrogen) atoms. The van der Waals surface area contributed by atoms with E-state index in [1.165, 1.54) is 18.5 Å². The van der Waals surface area contributed by atoms with Crippen LogP contribution < -0.4 is 16.2 Å². The molecule has 15 heteroatoms. The molecule has 0 aromatic carbocycles. The van der Waals surface area contributed by atoms with Gasteiger partial charge in [-0.1, -0.05) is 30.6 Å². The van der Waals surface area contributed by atoms with Crippen LogP contribution in [-0.4, -0.2) is 56.5 Å². The number of aliphatic imine (C=N–C) groups is 1.